The second-order valence-electron chi connectivity index (χ2n) is 19.3. The van der Waals surface area contributed by atoms with Crippen LogP contribution in [0, 0.1) is 0 Å². The van der Waals surface area contributed by atoms with Crippen molar-refractivity contribution in [2.75, 3.05) is 73.3 Å². The number of carboxylic acids is 2. The molecular weight excluding hydrogens is 977 g/mol. The van der Waals surface area contributed by atoms with Gasteiger partial charge in [0.1, 0.15) is 0 Å². The lowest BCUT2D eigenvalue weighted by atomic mass is 9.92. The zero-order valence-corrected chi connectivity index (χ0v) is 43.2. The van der Waals surface area contributed by atoms with Gasteiger partial charge in [0.2, 0.25) is 0 Å². The molecule has 0 aliphatic carbocycles. The Kier molecular flexibility index (Phi) is 14.4. The van der Waals surface area contributed by atoms with Gasteiger partial charge in [0.25, 0.3) is 35.4 Å². The van der Waals surface area contributed by atoms with Crippen molar-refractivity contribution in [1.29, 1.82) is 0 Å². The van der Waals surface area contributed by atoms with Crippen LogP contribution in [0.2, 0.25) is 0 Å². The zero-order valence-electron chi connectivity index (χ0n) is 43.2. The Labute approximate surface area is 443 Å². The van der Waals surface area contributed by atoms with Gasteiger partial charge in [-0.25, -0.2) is 14.6 Å². The summed E-state index contributed by atoms with van der Waals surface area (Å²) in [4.78, 5) is 109. The number of aliphatic carboxylic acids is 1. The summed E-state index contributed by atoms with van der Waals surface area (Å²) in [5, 5.41) is 22.5. The number of anilines is 5. The smallest absolute Gasteiger partial charge is 0.335 e. The van der Waals surface area contributed by atoms with Gasteiger partial charge >= 0.3 is 11.9 Å². The monoisotopic (exact) mass is 1030 g/mol. The number of carbonyl (C=O) groups excluding carboxylic acids is 6. The lowest BCUT2D eigenvalue weighted by Crippen LogP contribution is -2.41. The Hall–Kier alpha value is -9.70. The van der Waals surface area contributed by atoms with E-state index in [0.717, 1.165) is 48.9 Å². The van der Waals surface area contributed by atoms with Crippen molar-refractivity contribution in [2.45, 2.75) is 25.7 Å². The highest BCUT2D eigenvalue weighted by atomic mass is 16.4. The first kappa shape index (κ1) is 52.2. The number of imide groups is 3. The predicted molar refractivity (Wildman–Crippen MR) is 298 cm³/mol. The van der Waals surface area contributed by atoms with E-state index in [1.807, 2.05) is 130 Å². The Bertz CT molecular complexity index is 3690. The maximum atomic E-state index is 13.1. The Morgan fingerprint density at radius 3 is 1.13 bits per heavy atom. The van der Waals surface area contributed by atoms with Crippen LogP contribution in [0.5, 0.6) is 0 Å². The minimum atomic E-state index is -1.07. The van der Waals surface area contributed by atoms with Gasteiger partial charge < -0.3 is 24.9 Å². The largest absolute Gasteiger partial charge is 0.481 e. The van der Waals surface area contributed by atoms with Gasteiger partial charge in [0.15, 0.2) is 0 Å². The first-order valence-corrected chi connectivity index (χ1v) is 24.8. The van der Waals surface area contributed by atoms with E-state index in [0.29, 0.717) is 75.9 Å². The Balaban J connectivity index is 0.000000141. The fourth-order valence-electron chi connectivity index (χ4n) is 10.2. The maximum Gasteiger partial charge on any atom is 0.335 e. The molecule has 0 saturated heterocycles. The van der Waals surface area contributed by atoms with E-state index in [9.17, 15) is 38.4 Å². The van der Waals surface area contributed by atoms with E-state index in [-0.39, 0.29) is 35.6 Å². The van der Waals surface area contributed by atoms with Gasteiger partial charge in [-0.3, -0.25) is 38.5 Å². The number of amides is 6. The van der Waals surface area contributed by atoms with Crippen LogP contribution in [0.25, 0.3) is 32.3 Å². The summed E-state index contributed by atoms with van der Waals surface area (Å²) in [6, 6.07) is 42.3. The van der Waals surface area contributed by atoms with Crippen LogP contribution in [-0.4, -0.2) is 111 Å². The lowest BCUT2D eigenvalue weighted by molar-refractivity contribution is -0.137. The third-order valence-electron chi connectivity index (χ3n) is 13.8. The number of hydrogen-bond acceptors (Lipinski definition) is 11. The molecule has 3 aliphatic heterocycles. The van der Waals surface area contributed by atoms with E-state index in [2.05, 4.69) is 0 Å². The molecule has 388 valence electrons. The first-order chi connectivity index (χ1) is 36.9. The number of nitrogens with zero attached hydrogens (tertiary/aromatic N) is 6. The molecule has 16 nitrogen and oxygen atoms in total. The molecular formula is C61H54N6O10. The van der Waals surface area contributed by atoms with Crippen LogP contribution < -0.4 is 24.5 Å². The van der Waals surface area contributed by atoms with E-state index < -0.39 is 23.8 Å². The topological polar surface area (TPSA) is 196 Å². The minimum Gasteiger partial charge on any atom is -0.481 e. The van der Waals surface area contributed by atoms with Gasteiger partial charge in [-0.1, -0.05) is 61.0 Å². The van der Waals surface area contributed by atoms with E-state index in [4.69, 9.17) is 10.2 Å². The maximum absolute atomic E-state index is 13.1. The summed E-state index contributed by atoms with van der Waals surface area (Å²) in [7, 11) is 11.6. The molecule has 16 heteroatoms. The standard InChI is InChI=1S/C21H16N2O4.C20H22N2O4.C20H16N2O2/c1-22(2)17-11-10-16-18-14(17)4-3-5-15(18)19(24)23(20(16)25)13-8-6-12(7-9-13)21(26)27;1-21(2)16-11-10-15-18-13(16)7-6-8-14(18)19(25)22(20(15)26)12-5-3-4-9-17(23)24;1-21(2)17-12-11-16-18-14(17)9-6-10-15(18)19(23)22(20(16)24)13-7-4-3-5-8-13/h3-11H,1-2H3,(H,26,27);6-8,10-11H,3-5,9,12H2,1-2H3,(H,23,24);3-12H,1-2H3. The second kappa shape index (κ2) is 21.3. The number of aromatic carboxylic acids is 1. The number of carbonyl (C=O) groups is 8. The van der Waals surface area contributed by atoms with Crippen LogP contribution in [-0.2, 0) is 4.79 Å². The fraction of sp³-hybridized carbons (Fsp3) is 0.180. The highest BCUT2D eigenvalue weighted by molar-refractivity contribution is 6.38. The van der Waals surface area contributed by atoms with Crippen molar-refractivity contribution >= 4 is 108 Å². The van der Waals surface area contributed by atoms with E-state index in [1.165, 1.54) is 34.1 Å². The average molecular weight is 1030 g/mol. The van der Waals surface area contributed by atoms with Crippen LogP contribution in [0.1, 0.15) is 98.2 Å². The molecule has 0 unspecified atom stereocenters. The zero-order chi connectivity index (χ0) is 55.0. The number of unbranched alkanes of at least 4 members (excludes halogenated alkanes) is 2. The molecule has 8 aromatic carbocycles. The molecule has 3 aliphatic rings. The van der Waals surface area contributed by atoms with Gasteiger partial charge in [-0.2, -0.15) is 0 Å². The number of para-hydroxylation sites is 1. The molecule has 8 aromatic rings. The molecule has 0 bridgehead atoms. The first-order valence-electron chi connectivity index (χ1n) is 24.8. The highest BCUT2D eigenvalue weighted by Crippen LogP contribution is 2.40. The highest BCUT2D eigenvalue weighted by Gasteiger charge is 2.37. The van der Waals surface area contributed by atoms with Crippen molar-refractivity contribution in [3.63, 3.8) is 0 Å². The summed E-state index contributed by atoms with van der Waals surface area (Å²) in [6.45, 7) is 0.308. The average Bonchev–Trinajstić information content (AvgIpc) is 3.41. The molecule has 3 heterocycles. The van der Waals surface area contributed by atoms with Crippen LogP contribution in [0.4, 0.5) is 28.4 Å². The van der Waals surface area contributed by atoms with Gasteiger partial charge in [0.05, 0.1) is 16.9 Å². The third-order valence-corrected chi connectivity index (χ3v) is 13.8. The van der Waals surface area contributed by atoms with Crippen LogP contribution in [0.15, 0.2) is 146 Å². The van der Waals surface area contributed by atoms with Crippen molar-refractivity contribution in [3.8, 4) is 0 Å². The van der Waals surface area contributed by atoms with E-state index in [1.54, 1.807) is 48.5 Å². The van der Waals surface area contributed by atoms with Crippen molar-refractivity contribution < 1.29 is 48.6 Å². The van der Waals surface area contributed by atoms with Crippen molar-refractivity contribution in [2.24, 2.45) is 0 Å². The molecule has 0 spiro atoms. The molecule has 0 aromatic heterocycles. The molecule has 11 rings (SSSR count). The Morgan fingerprint density at radius 1 is 0.390 bits per heavy atom. The number of rotatable bonds is 12. The molecule has 0 radical (unpaired) electrons. The van der Waals surface area contributed by atoms with Gasteiger partial charge in [-0.05, 0) is 104 Å². The molecule has 2 N–H and O–H groups in total. The normalized spacial score (nSPS) is 13.4. The molecule has 0 fully saturated rings. The SMILES string of the molecule is CN(C)c1ccc2c3c(cccc13)C(=O)N(CCCCCC(=O)O)C2=O.CN(C)c1ccc2c3c(cccc13)C(=O)N(c1ccc(C(=O)O)cc1)C2=O.CN(C)c1ccc2c3c(cccc13)C(=O)N(c1ccccc1)C2=O. The summed E-state index contributed by atoms with van der Waals surface area (Å²) in [5.41, 5.74) is 7.03. The summed E-state index contributed by atoms with van der Waals surface area (Å²) in [6.07, 6.45) is 1.92. The molecule has 6 amide bonds. The van der Waals surface area contributed by atoms with Crippen LogP contribution >= 0.6 is 0 Å². The second-order valence-corrected chi connectivity index (χ2v) is 19.3. The number of carboxylic acid groups (broad SMARTS) is 2. The van der Waals surface area contributed by atoms with Crippen molar-refractivity contribution in [1.82, 2.24) is 4.90 Å². The number of hydrogen-bond donors (Lipinski definition) is 2. The van der Waals surface area contributed by atoms with Crippen molar-refractivity contribution in [3.05, 3.63) is 185 Å². The molecule has 0 saturated carbocycles. The summed E-state index contributed by atoms with van der Waals surface area (Å²) < 4.78 is 0. The van der Waals surface area contributed by atoms with E-state index >= 15 is 0 Å². The van der Waals surface area contributed by atoms with Crippen LogP contribution in [0.3, 0.4) is 0 Å². The fourth-order valence-corrected chi connectivity index (χ4v) is 10.2. The predicted octanol–water partition coefficient (Wildman–Crippen LogP) is 10.3. The van der Waals surface area contributed by atoms with Gasteiger partial charge in [0, 0.05) is 138 Å². The summed E-state index contributed by atoms with van der Waals surface area (Å²) in [5.74, 6) is -3.84. The Morgan fingerprint density at radius 2 is 0.753 bits per heavy atom. The molecule has 0 atom stereocenters. The summed E-state index contributed by atoms with van der Waals surface area (Å²) >= 11 is 0. The third kappa shape index (κ3) is 9.56. The number of benzene rings is 8. The van der Waals surface area contributed by atoms with Gasteiger partial charge in [-0.15, -0.1) is 0 Å². The quantitative estimate of drug-likeness (QED) is 0.0867. The molecule has 77 heavy (non-hydrogen) atoms. The lowest BCUT2D eigenvalue weighted by Gasteiger charge is -2.28. The minimum absolute atomic E-state index is 0.0915.